The molecule has 0 amide bonds. The van der Waals surface area contributed by atoms with Crippen molar-refractivity contribution in [1.82, 2.24) is 34.6 Å². The number of hydrogen-bond donors (Lipinski definition) is 2. The maximum Gasteiger partial charge on any atom is 0.248 e. The number of anilines is 4. The Hall–Kier alpha value is -3.02. The predicted octanol–water partition coefficient (Wildman–Crippen LogP) is 4.41. The standard InChI is InChI=1S/C24H29ClN10S/c1-15-14-36-20-19(15)29-22(25)30-21(20)35-23(26)31-24(32-35)28-16-7-8-18(27-13-16)34-10-4-9-33(11-12-34)17-5-2-3-6-17/h7-8,13-14,17H,2-6,9-12H2,1H3,(H3,26,28,31,32). The van der Waals surface area contributed by atoms with E-state index in [0.29, 0.717) is 11.8 Å². The zero-order chi connectivity index (χ0) is 24.6. The van der Waals surface area contributed by atoms with Gasteiger partial charge in [-0.05, 0) is 60.9 Å². The van der Waals surface area contributed by atoms with Gasteiger partial charge in [0.2, 0.25) is 17.2 Å². The third kappa shape index (κ3) is 4.58. The Balaban J connectivity index is 1.16. The van der Waals surface area contributed by atoms with Crippen molar-refractivity contribution in [2.75, 3.05) is 42.1 Å². The minimum Gasteiger partial charge on any atom is -0.368 e. The predicted molar refractivity (Wildman–Crippen MR) is 145 cm³/mol. The number of halogens is 1. The largest absolute Gasteiger partial charge is 0.368 e. The van der Waals surface area contributed by atoms with E-state index in [1.807, 2.05) is 24.6 Å². The second kappa shape index (κ2) is 9.79. The Kier molecular flexibility index (Phi) is 6.36. The summed E-state index contributed by atoms with van der Waals surface area (Å²) in [4.78, 5) is 22.9. The van der Waals surface area contributed by atoms with Crippen LogP contribution in [0.5, 0.6) is 0 Å². The van der Waals surface area contributed by atoms with Crippen LogP contribution in [0.25, 0.3) is 16.0 Å². The van der Waals surface area contributed by atoms with Gasteiger partial charge in [0.15, 0.2) is 5.82 Å². The van der Waals surface area contributed by atoms with E-state index in [2.05, 4.69) is 41.2 Å². The maximum atomic E-state index is 6.19. The molecule has 0 atom stereocenters. The van der Waals surface area contributed by atoms with Crippen LogP contribution >= 0.6 is 22.9 Å². The minimum absolute atomic E-state index is 0.142. The van der Waals surface area contributed by atoms with Crippen LogP contribution in [0.15, 0.2) is 23.7 Å². The first kappa shape index (κ1) is 23.4. The van der Waals surface area contributed by atoms with Crippen LogP contribution < -0.4 is 16.0 Å². The monoisotopic (exact) mass is 524 g/mol. The van der Waals surface area contributed by atoms with Crippen molar-refractivity contribution in [3.8, 4) is 5.82 Å². The fourth-order valence-electron chi connectivity index (χ4n) is 5.24. The normalized spacial score (nSPS) is 17.7. The Bertz CT molecular complexity index is 1360. The molecule has 5 heterocycles. The first-order valence-corrected chi connectivity index (χ1v) is 13.7. The van der Waals surface area contributed by atoms with E-state index in [-0.39, 0.29) is 11.2 Å². The van der Waals surface area contributed by atoms with E-state index < -0.39 is 0 Å². The number of nitrogen functional groups attached to an aromatic ring is 1. The summed E-state index contributed by atoms with van der Waals surface area (Å²) >= 11 is 7.69. The van der Waals surface area contributed by atoms with Gasteiger partial charge in [-0.25, -0.2) is 9.97 Å². The Morgan fingerprint density at radius 1 is 1.06 bits per heavy atom. The van der Waals surface area contributed by atoms with E-state index in [1.54, 1.807) is 0 Å². The molecule has 0 aromatic carbocycles. The highest BCUT2D eigenvalue weighted by Crippen LogP contribution is 2.31. The molecule has 0 bridgehead atoms. The van der Waals surface area contributed by atoms with Crippen LogP contribution in [-0.4, -0.2) is 66.8 Å². The number of thiophene rings is 1. The first-order valence-electron chi connectivity index (χ1n) is 12.4. The van der Waals surface area contributed by atoms with Gasteiger partial charge >= 0.3 is 0 Å². The molecule has 188 valence electrons. The number of nitrogens with zero attached hydrogens (tertiary/aromatic N) is 8. The van der Waals surface area contributed by atoms with Crippen molar-refractivity contribution in [1.29, 1.82) is 0 Å². The van der Waals surface area contributed by atoms with Gasteiger partial charge < -0.3 is 16.0 Å². The van der Waals surface area contributed by atoms with E-state index in [4.69, 9.17) is 22.3 Å². The maximum absolute atomic E-state index is 6.19. The zero-order valence-corrected chi connectivity index (χ0v) is 21.8. The average molecular weight is 525 g/mol. The van der Waals surface area contributed by atoms with Gasteiger partial charge in [-0.3, -0.25) is 4.90 Å². The molecule has 10 nitrogen and oxygen atoms in total. The third-order valence-electron chi connectivity index (χ3n) is 7.08. The molecule has 0 unspecified atom stereocenters. The smallest absolute Gasteiger partial charge is 0.248 e. The topological polar surface area (TPSA) is 114 Å². The molecule has 1 aliphatic carbocycles. The molecule has 1 aliphatic heterocycles. The van der Waals surface area contributed by atoms with Crippen LogP contribution in [0.4, 0.5) is 23.4 Å². The fraction of sp³-hybridized carbons (Fsp3) is 0.458. The Labute approximate surface area is 218 Å². The number of fused-ring (bicyclic) bond motifs is 1. The molecule has 1 saturated carbocycles. The highest BCUT2D eigenvalue weighted by molar-refractivity contribution is 7.17. The molecule has 2 aliphatic rings. The molecule has 6 rings (SSSR count). The van der Waals surface area contributed by atoms with Crippen molar-refractivity contribution in [2.45, 2.75) is 45.1 Å². The summed E-state index contributed by atoms with van der Waals surface area (Å²) in [7, 11) is 0. The van der Waals surface area contributed by atoms with Gasteiger partial charge in [-0.15, -0.1) is 16.4 Å². The average Bonchev–Trinajstić information content (AvgIpc) is 3.57. The zero-order valence-electron chi connectivity index (χ0n) is 20.2. The lowest BCUT2D eigenvalue weighted by Crippen LogP contribution is -2.37. The number of aromatic nitrogens is 6. The lowest BCUT2D eigenvalue weighted by molar-refractivity contribution is 0.213. The van der Waals surface area contributed by atoms with Gasteiger partial charge in [0.05, 0.1) is 22.1 Å². The SMILES string of the molecule is Cc1csc2c(-n3nc(Nc4ccc(N5CCCN(C6CCCC6)CC5)nc4)nc3N)nc(Cl)nc12. The molecule has 1 saturated heterocycles. The molecule has 36 heavy (non-hydrogen) atoms. The van der Waals surface area contributed by atoms with Crippen LogP contribution in [0, 0.1) is 6.92 Å². The summed E-state index contributed by atoms with van der Waals surface area (Å²) in [6.45, 7) is 6.32. The number of rotatable bonds is 5. The fourth-order valence-corrected chi connectivity index (χ4v) is 6.37. The summed E-state index contributed by atoms with van der Waals surface area (Å²) < 4.78 is 2.35. The first-order chi connectivity index (χ1) is 17.5. The number of pyridine rings is 1. The molecular formula is C24H29ClN10S. The van der Waals surface area contributed by atoms with Crippen LogP contribution in [0.1, 0.15) is 37.7 Å². The Morgan fingerprint density at radius 3 is 2.72 bits per heavy atom. The summed E-state index contributed by atoms with van der Waals surface area (Å²) in [5, 5.41) is 9.89. The molecular weight excluding hydrogens is 496 g/mol. The number of nitrogens with two attached hydrogens (primary N) is 1. The Morgan fingerprint density at radius 2 is 1.92 bits per heavy atom. The van der Waals surface area contributed by atoms with E-state index in [0.717, 1.165) is 53.0 Å². The van der Waals surface area contributed by atoms with E-state index in [9.17, 15) is 0 Å². The lowest BCUT2D eigenvalue weighted by Gasteiger charge is -2.27. The summed E-state index contributed by atoms with van der Waals surface area (Å²) in [5.41, 5.74) is 8.80. The minimum atomic E-state index is 0.142. The van der Waals surface area contributed by atoms with Gasteiger partial charge in [-0.2, -0.15) is 14.6 Å². The summed E-state index contributed by atoms with van der Waals surface area (Å²) in [6.07, 6.45) is 8.45. The molecule has 4 aromatic heterocycles. The van der Waals surface area contributed by atoms with Crippen molar-refractivity contribution in [3.05, 3.63) is 34.6 Å². The molecule has 4 aromatic rings. The van der Waals surface area contributed by atoms with Crippen LogP contribution in [0.2, 0.25) is 5.28 Å². The molecule has 2 fully saturated rings. The quantitative estimate of drug-likeness (QED) is 0.366. The van der Waals surface area contributed by atoms with Crippen molar-refractivity contribution in [2.24, 2.45) is 0 Å². The summed E-state index contributed by atoms with van der Waals surface area (Å²) in [5.74, 6) is 2.08. The van der Waals surface area contributed by atoms with Gasteiger partial charge in [0.25, 0.3) is 0 Å². The van der Waals surface area contributed by atoms with Crippen molar-refractivity contribution < 1.29 is 0 Å². The van der Waals surface area contributed by atoms with Gasteiger partial charge in [-0.1, -0.05) is 12.8 Å². The summed E-state index contributed by atoms with van der Waals surface area (Å²) in [6, 6.07) is 4.83. The van der Waals surface area contributed by atoms with Gasteiger partial charge in [0, 0.05) is 32.2 Å². The van der Waals surface area contributed by atoms with E-state index >= 15 is 0 Å². The van der Waals surface area contributed by atoms with Crippen molar-refractivity contribution in [3.63, 3.8) is 0 Å². The van der Waals surface area contributed by atoms with Crippen molar-refractivity contribution >= 4 is 56.6 Å². The number of nitrogens with one attached hydrogen (secondary N) is 1. The third-order valence-corrected chi connectivity index (χ3v) is 8.33. The lowest BCUT2D eigenvalue weighted by atomic mass is 10.2. The number of aryl methyl sites for hydroxylation is 1. The van der Waals surface area contributed by atoms with Gasteiger partial charge in [0.1, 0.15) is 5.82 Å². The highest BCUT2D eigenvalue weighted by Gasteiger charge is 2.25. The van der Waals surface area contributed by atoms with Crippen LogP contribution in [0.3, 0.4) is 0 Å². The molecule has 3 N–H and O–H groups in total. The molecule has 12 heteroatoms. The number of hydrogen-bond acceptors (Lipinski definition) is 10. The van der Waals surface area contributed by atoms with Crippen LogP contribution in [-0.2, 0) is 0 Å². The second-order valence-electron chi connectivity index (χ2n) is 9.46. The molecule has 0 spiro atoms. The van der Waals surface area contributed by atoms with E-state index in [1.165, 1.54) is 54.7 Å². The second-order valence-corrected chi connectivity index (χ2v) is 10.7. The highest BCUT2D eigenvalue weighted by atomic mass is 35.5. The molecule has 0 radical (unpaired) electrons.